The van der Waals surface area contributed by atoms with Crippen LogP contribution in [0, 0.1) is 0 Å². The van der Waals surface area contributed by atoms with Gasteiger partial charge in [0, 0.05) is 100 Å². The van der Waals surface area contributed by atoms with Gasteiger partial charge in [-0.25, -0.2) is 0 Å². The summed E-state index contributed by atoms with van der Waals surface area (Å²) >= 11 is 0. The fraction of sp³-hybridized carbons (Fsp3) is 0.500. The summed E-state index contributed by atoms with van der Waals surface area (Å²) in [5, 5.41) is 59.2. The molecule has 3 heterocycles. The number of methoxy groups -OCH3 is 2. The number of carbonyl (C=O) groups is 9. The SMILES string of the molecule is COc1cccc2c1C(=O)c1c(O)c3c(c(O)c1C2=O)CC(O)(C(=O)NCCNC(=O)CNC(=O)CNC(=O)CNC(=O)CCN1C(=O)C=CC1=O)CC3O[C@H]1C[C@H](N2CCO[C@H](OC)C2)[C@H](O)[C@H](C)O1. The zero-order valence-corrected chi connectivity index (χ0v) is 38.9. The summed E-state index contributed by atoms with van der Waals surface area (Å²) < 4.78 is 28.9. The second-order valence-electron chi connectivity index (χ2n) is 17.4. The molecule has 7 atom stereocenters. The molecular formula is C46H55N7O18. The van der Waals surface area contributed by atoms with Gasteiger partial charge in [-0.3, -0.25) is 53.0 Å². The van der Waals surface area contributed by atoms with Crippen LogP contribution in [0.15, 0.2) is 30.4 Å². The van der Waals surface area contributed by atoms with Crippen LogP contribution in [0.4, 0.5) is 0 Å². The normalized spacial score (nSPS) is 24.9. The van der Waals surface area contributed by atoms with E-state index in [9.17, 15) is 63.6 Å². The lowest BCUT2D eigenvalue weighted by Crippen LogP contribution is -2.59. The van der Waals surface area contributed by atoms with E-state index in [0.29, 0.717) is 19.7 Å². The van der Waals surface area contributed by atoms with Crippen LogP contribution in [0.3, 0.4) is 0 Å². The van der Waals surface area contributed by atoms with E-state index in [1.807, 2.05) is 4.90 Å². The number of benzene rings is 2. The standard InChI is InChI=1S/C46H55N7O18/c1-22-40(60)25(52-13-14-69-35(21-52)68-3)15-34(70-22)71-27-17-46(66,16-24-37(27)44(64)39-38(42(24)62)41(61)23-5-4-6-26(67-2)36(23)43(39)63)45(65)48-11-10-47-29(55)18-50-31(57)20-51-30(56)19-49-28(54)9-12-53-32(58)7-8-33(53)59/h4-8,22,25,27,34-35,40,60,62,64,66H,9-21H2,1-3H3,(H,47,55)(H,48,65)(H,49,54)(H,50,57)(H,51,56)/t22-,25-,27?,34-,35-,40+,46?/m0/s1. The molecule has 3 aliphatic heterocycles. The van der Waals surface area contributed by atoms with E-state index in [1.54, 1.807) is 6.92 Å². The third-order valence-corrected chi connectivity index (χ3v) is 12.8. The van der Waals surface area contributed by atoms with E-state index in [2.05, 4.69) is 26.6 Å². The predicted molar refractivity (Wildman–Crippen MR) is 239 cm³/mol. The van der Waals surface area contributed by atoms with Gasteiger partial charge in [-0.2, -0.15) is 0 Å². The molecule has 0 bridgehead atoms. The molecule has 25 nitrogen and oxygen atoms in total. The molecule has 25 heteroatoms. The Bertz CT molecular complexity index is 2520. The molecule has 9 N–H and O–H groups in total. The molecule has 2 aliphatic carbocycles. The summed E-state index contributed by atoms with van der Waals surface area (Å²) in [6, 6.07) is 3.74. The van der Waals surface area contributed by atoms with Crippen LogP contribution < -0.4 is 31.3 Å². The van der Waals surface area contributed by atoms with Crippen LogP contribution in [0.1, 0.15) is 75.3 Å². The van der Waals surface area contributed by atoms with Crippen LogP contribution >= 0.6 is 0 Å². The number of fused-ring (bicyclic) bond motifs is 3. The minimum Gasteiger partial charge on any atom is -0.507 e. The van der Waals surface area contributed by atoms with Crippen molar-refractivity contribution in [1.82, 2.24) is 36.4 Å². The van der Waals surface area contributed by atoms with Gasteiger partial charge in [0.25, 0.3) is 17.7 Å². The molecular weight excluding hydrogens is 939 g/mol. The zero-order valence-electron chi connectivity index (χ0n) is 38.9. The fourth-order valence-electron chi connectivity index (χ4n) is 9.17. The maximum Gasteiger partial charge on any atom is 0.253 e. The van der Waals surface area contributed by atoms with Gasteiger partial charge >= 0.3 is 0 Å². The molecule has 7 amide bonds. The number of imide groups is 1. The number of carbonyl (C=O) groups excluding carboxylic acids is 9. The van der Waals surface area contributed by atoms with E-state index >= 15 is 0 Å². The predicted octanol–water partition coefficient (Wildman–Crippen LogP) is -3.32. The number of amides is 7. The molecule has 5 aliphatic rings. The average Bonchev–Trinajstić information content (AvgIpc) is 3.68. The van der Waals surface area contributed by atoms with Crippen molar-refractivity contribution in [3.63, 3.8) is 0 Å². The largest absolute Gasteiger partial charge is 0.507 e. The number of aliphatic hydroxyl groups is 2. The van der Waals surface area contributed by atoms with Crippen LogP contribution in [0.25, 0.3) is 0 Å². The number of hydrogen-bond acceptors (Lipinski definition) is 19. The summed E-state index contributed by atoms with van der Waals surface area (Å²) in [7, 11) is 2.79. The first-order valence-electron chi connectivity index (χ1n) is 22.7. The van der Waals surface area contributed by atoms with E-state index in [-0.39, 0.29) is 60.5 Å². The second-order valence-corrected chi connectivity index (χ2v) is 17.4. The van der Waals surface area contributed by atoms with E-state index in [4.69, 9.17) is 23.7 Å². The van der Waals surface area contributed by atoms with Gasteiger partial charge < -0.3 is 70.7 Å². The van der Waals surface area contributed by atoms with E-state index in [0.717, 1.165) is 17.1 Å². The van der Waals surface area contributed by atoms with Crippen molar-refractivity contribution in [2.24, 2.45) is 0 Å². The Kier molecular flexibility index (Phi) is 16.1. The van der Waals surface area contributed by atoms with Crippen molar-refractivity contribution < 1.29 is 87.3 Å². The second kappa shape index (κ2) is 22.0. The number of hydrogen-bond donors (Lipinski definition) is 9. The summed E-state index contributed by atoms with van der Waals surface area (Å²) in [4.78, 5) is 117. The molecule has 0 spiro atoms. The Morgan fingerprint density at radius 1 is 0.817 bits per heavy atom. The lowest BCUT2D eigenvalue weighted by molar-refractivity contribution is -0.266. The Balaban J connectivity index is 0.980. The monoisotopic (exact) mass is 993 g/mol. The molecule has 2 fully saturated rings. The molecule has 0 saturated carbocycles. The molecule has 2 unspecified atom stereocenters. The highest BCUT2D eigenvalue weighted by molar-refractivity contribution is 6.31. The van der Waals surface area contributed by atoms with Crippen LogP contribution in [-0.4, -0.2) is 193 Å². The highest BCUT2D eigenvalue weighted by Crippen LogP contribution is 2.52. The van der Waals surface area contributed by atoms with Gasteiger partial charge in [0.05, 0.1) is 68.4 Å². The van der Waals surface area contributed by atoms with Crippen molar-refractivity contribution in [3.05, 3.63) is 63.7 Å². The number of ether oxygens (including phenoxy) is 5. The fourth-order valence-corrected chi connectivity index (χ4v) is 9.17. The third kappa shape index (κ3) is 11.2. The Labute approximate surface area is 405 Å². The number of phenols is 2. The molecule has 382 valence electrons. The lowest BCUT2D eigenvalue weighted by Gasteiger charge is -2.47. The van der Waals surface area contributed by atoms with Crippen LogP contribution in [0.5, 0.6) is 17.2 Å². The highest BCUT2D eigenvalue weighted by Gasteiger charge is 2.51. The number of nitrogens with one attached hydrogen (secondary N) is 5. The molecule has 2 aromatic carbocycles. The quantitative estimate of drug-likeness (QED) is 0.0342. The van der Waals surface area contributed by atoms with Crippen molar-refractivity contribution >= 4 is 52.9 Å². The third-order valence-electron chi connectivity index (χ3n) is 12.8. The van der Waals surface area contributed by atoms with Crippen molar-refractivity contribution in [2.75, 3.05) is 73.2 Å². The minimum absolute atomic E-state index is 0.0429. The maximum atomic E-state index is 14.2. The van der Waals surface area contributed by atoms with Crippen molar-refractivity contribution in [1.29, 1.82) is 0 Å². The number of phenolic OH excluding ortho intramolecular Hbond substituents is 2. The van der Waals surface area contributed by atoms with E-state index in [1.165, 1.54) is 32.4 Å². The van der Waals surface area contributed by atoms with Gasteiger partial charge in [-0.1, -0.05) is 12.1 Å². The Morgan fingerprint density at radius 2 is 1.45 bits per heavy atom. The maximum absolute atomic E-state index is 14.2. The number of nitrogens with zero attached hydrogens (tertiary/aromatic N) is 2. The summed E-state index contributed by atoms with van der Waals surface area (Å²) in [5.41, 5.74) is -4.18. The van der Waals surface area contributed by atoms with Gasteiger partial charge in [0.15, 0.2) is 18.4 Å². The smallest absolute Gasteiger partial charge is 0.253 e. The van der Waals surface area contributed by atoms with Gasteiger partial charge in [0.2, 0.25) is 29.4 Å². The molecule has 0 radical (unpaired) electrons. The van der Waals surface area contributed by atoms with Gasteiger partial charge in [0.1, 0.15) is 22.8 Å². The number of morpholine rings is 1. The molecule has 2 aromatic rings. The van der Waals surface area contributed by atoms with Gasteiger partial charge in [-0.15, -0.1) is 0 Å². The number of aromatic hydroxyl groups is 2. The summed E-state index contributed by atoms with van der Waals surface area (Å²) in [5.74, 6) is -8.03. The first-order chi connectivity index (χ1) is 33.8. The number of ketones is 2. The van der Waals surface area contributed by atoms with Crippen LogP contribution in [-0.2, 0) is 58.9 Å². The van der Waals surface area contributed by atoms with Gasteiger partial charge in [-0.05, 0) is 13.0 Å². The molecule has 2 saturated heterocycles. The zero-order chi connectivity index (χ0) is 51.3. The number of rotatable bonds is 18. The number of aliphatic hydroxyl groups excluding tert-OH is 1. The highest BCUT2D eigenvalue weighted by atomic mass is 16.7. The topological polar surface area (TPSA) is 347 Å². The first kappa shape index (κ1) is 52.0. The molecule has 0 aromatic heterocycles. The summed E-state index contributed by atoms with van der Waals surface area (Å²) in [6.07, 6.45) is -4.31. The van der Waals surface area contributed by atoms with Crippen molar-refractivity contribution in [2.45, 2.75) is 75.1 Å². The molecule has 7 rings (SSSR count). The first-order valence-corrected chi connectivity index (χ1v) is 22.7. The van der Waals surface area contributed by atoms with E-state index < -0.39 is 151 Å². The average molecular weight is 994 g/mol. The molecule has 71 heavy (non-hydrogen) atoms. The Morgan fingerprint density at radius 3 is 2.11 bits per heavy atom. The lowest BCUT2D eigenvalue weighted by atomic mass is 9.72. The summed E-state index contributed by atoms with van der Waals surface area (Å²) in [6.45, 7) is 0.443. The van der Waals surface area contributed by atoms with Crippen LogP contribution in [0.2, 0.25) is 0 Å². The van der Waals surface area contributed by atoms with Crippen molar-refractivity contribution in [3.8, 4) is 17.2 Å². The Hall–Kier alpha value is -6.87. The minimum atomic E-state index is -2.41.